The number of hydrogen-bond donors (Lipinski definition) is 0. The summed E-state index contributed by atoms with van der Waals surface area (Å²) in [5.41, 5.74) is 0. The van der Waals surface area contributed by atoms with Gasteiger partial charge in [0.25, 0.3) is 0 Å². The summed E-state index contributed by atoms with van der Waals surface area (Å²) in [5.74, 6) is -30.1. The summed E-state index contributed by atoms with van der Waals surface area (Å²) < 4.78 is 229. The molecule has 0 spiro atoms. The molecule has 210 valence electrons. The van der Waals surface area contributed by atoms with Gasteiger partial charge in [-0.2, -0.15) is 52.7 Å². The maximum absolute atomic E-state index is 14.1. The first-order valence-electron chi connectivity index (χ1n) is 8.54. The molecule has 20 heteroatoms. The van der Waals surface area contributed by atoms with Crippen LogP contribution in [0, 0.1) is 0 Å². The Morgan fingerprint density at radius 1 is 0.657 bits per heavy atom. The van der Waals surface area contributed by atoms with Crippen molar-refractivity contribution in [3.05, 3.63) is 12.7 Å². The molecule has 1 unspecified atom stereocenters. The quantitative estimate of drug-likeness (QED) is 0.0910. The molecular weight excluding hydrogens is 551 g/mol. The van der Waals surface area contributed by atoms with E-state index in [9.17, 15) is 74.6 Å². The highest BCUT2D eigenvalue weighted by Crippen LogP contribution is 2.56. The lowest BCUT2D eigenvalue weighted by Crippen LogP contribution is -2.68. The van der Waals surface area contributed by atoms with Crippen LogP contribution < -0.4 is 0 Å². The molecule has 3 nitrogen and oxygen atoms in total. The van der Waals surface area contributed by atoms with Crippen LogP contribution in [0.25, 0.3) is 0 Å². The average Bonchev–Trinajstić information content (AvgIpc) is 2.64. The van der Waals surface area contributed by atoms with E-state index in [2.05, 4.69) is 16.1 Å². The zero-order valence-electron chi connectivity index (χ0n) is 16.4. The molecule has 0 aromatic heterocycles. The van der Waals surface area contributed by atoms with E-state index in [4.69, 9.17) is 0 Å². The van der Waals surface area contributed by atoms with E-state index in [1.165, 1.54) is 0 Å². The van der Waals surface area contributed by atoms with Crippen LogP contribution in [0.2, 0.25) is 0 Å². The van der Waals surface area contributed by atoms with Gasteiger partial charge in [-0.3, -0.25) is 4.74 Å². The molecular formula is C15H13F17O3. The fraction of sp³-hybridized carbons (Fsp3) is 0.867. The van der Waals surface area contributed by atoms with Gasteiger partial charge >= 0.3 is 48.7 Å². The molecule has 0 N–H and O–H groups in total. The molecule has 0 aromatic rings. The van der Waals surface area contributed by atoms with Gasteiger partial charge in [0.1, 0.15) is 0 Å². The molecule has 0 heterocycles. The molecule has 0 aliphatic carbocycles. The molecule has 1 atom stereocenters. The summed E-state index contributed by atoms with van der Waals surface area (Å²) in [6.45, 7) is 1.62. The summed E-state index contributed by atoms with van der Waals surface area (Å²) in [4.78, 5) is 0. The van der Waals surface area contributed by atoms with Crippen LogP contribution in [0.1, 0.15) is 19.3 Å². The normalized spacial score (nSPS) is 16.1. The van der Waals surface area contributed by atoms with Crippen LogP contribution in [0.15, 0.2) is 12.7 Å². The van der Waals surface area contributed by atoms with Gasteiger partial charge in [0.15, 0.2) is 0 Å². The fourth-order valence-electron chi connectivity index (χ4n) is 1.91. The van der Waals surface area contributed by atoms with Crippen molar-refractivity contribution in [1.29, 1.82) is 0 Å². The summed E-state index contributed by atoms with van der Waals surface area (Å²) in [5, 5.41) is 0. The van der Waals surface area contributed by atoms with E-state index in [1.54, 1.807) is 4.74 Å². The minimum Gasteiger partial charge on any atom is -0.347 e. The van der Waals surface area contributed by atoms with Gasteiger partial charge in [-0.15, -0.1) is 19.8 Å². The van der Waals surface area contributed by atoms with E-state index < -0.39 is 68.0 Å². The Hall–Kier alpha value is -1.57. The van der Waals surface area contributed by atoms with Gasteiger partial charge < -0.3 is 4.74 Å². The topological polar surface area (TPSA) is 27.7 Å². The van der Waals surface area contributed by atoms with Crippen molar-refractivity contribution in [2.45, 2.75) is 74.2 Å². The van der Waals surface area contributed by atoms with Crippen molar-refractivity contribution in [3.8, 4) is 0 Å². The third kappa shape index (κ3) is 7.23. The minimum absolute atomic E-state index is 0.0201. The van der Waals surface area contributed by atoms with Crippen LogP contribution in [0.4, 0.5) is 74.6 Å². The predicted octanol–water partition coefficient (Wildman–Crippen LogP) is 7.23. The number of rotatable bonds is 15. The van der Waals surface area contributed by atoms with E-state index in [1.807, 2.05) is 0 Å². The molecule has 0 aliphatic rings. The highest BCUT2D eigenvalue weighted by atomic mass is 19.4. The lowest BCUT2D eigenvalue weighted by Gasteiger charge is -2.40. The lowest BCUT2D eigenvalue weighted by atomic mass is 9.98. The second kappa shape index (κ2) is 10.8. The summed E-state index contributed by atoms with van der Waals surface area (Å²) in [7, 11) is 0. The van der Waals surface area contributed by atoms with Crippen molar-refractivity contribution in [2.75, 3.05) is 6.61 Å². The largest absolute Gasteiger partial charge is 0.527 e. The molecule has 0 saturated carbocycles. The smallest absolute Gasteiger partial charge is 0.347 e. The van der Waals surface area contributed by atoms with Gasteiger partial charge in [0.05, 0.1) is 6.61 Å². The zero-order valence-corrected chi connectivity index (χ0v) is 16.4. The van der Waals surface area contributed by atoms with Crippen molar-refractivity contribution >= 4 is 0 Å². The van der Waals surface area contributed by atoms with Gasteiger partial charge in [0, 0.05) is 0 Å². The lowest BCUT2D eigenvalue weighted by molar-refractivity contribution is -0.527. The van der Waals surface area contributed by atoms with E-state index in [0.717, 1.165) is 6.08 Å². The Morgan fingerprint density at radius 3 is 1.51 bits per heavy atom. The zero-order chi connectivity index (χ0) is 28.3. The molecule has 0 radical (unpaired) electrons. The molecule has 0 amide bonds. The summed E-state index contributed by atoms with van der Waals surface area (Å²) >= 11 is 0. The Bertz CT molecular complexity index is 689. The van der Waals surface area contributed by atoms with E-state index in [-0.39, 0.29) is 12.8 Å². The van der Waals surface area contributed by atoms with Crippen LogP contribution >= 0.6 is 0 Å². The third-order valence-electron chi connectivity index (χ3n) is 3.71. The molecule has 0 aliphatic heterocycles. The maximum Gasteiger partial charge on any atom is 0.527 e. The highest BCUT2D eigenvalue weighted by Gasteiger charge is 2.85. The van der Waals surface area contributed by atoms with Crippen LogP contribution in [0.5, 0.6) is 0 Å². The maximum atomic E-state index is 14.1. The molecule has 0 rings (SSSR count). The standard InChI is InChI=1S/C15H13F17O3/c1-2-3-4-5-6-33-8(34-13(26,27)14(28,29)35-15(30,31)32)10(20,21)12(24,25)11(22,23)9(18,19)7(16)17/h2,7-8H,1,3-6H2. The van der Waals surface area contributed by atoms with Crippen LogP contribution in [-0.2, 0) is 14.2 Å². The summed E-state index contributed by atoms with van der Waals surface area (Å²) in [6, 6.07) is 0. The van der Waals surface area contributed by atoms with E-state index >= 15 is 0 Å². The highest BCUT2D eigenvalue weighted by molar-refractivity contribution is 5.06. The SMILES string of the molecule is C=CCCCCOC(OC(F)(F)C(F)(F)OC(F)(F)F)C(F)(F)C(F)(F)C(F)(F)C(F)(F)C(F)F. The Balaban J connectivity index is 6.38. The Labute approximate surface area is 183 Å². The molecule has 0 fully saturated rings. The molecule has 0 saturated heterocycles. The van der Waals surface area contributed by atoms with Gasteiger partial charge in [0.2, 0.25) is 6.29 Å². The van der Waals surface area contributed by atoms with Crippen molar-refractivity contribution < 1.29 is 88.8 Å². The Kier molecular flexibility index (Phi) is 10.3. The van der Waals surface area contributed by atoms with Gasteiger partial charge in [-0.25, -0.2) is 13.5 Å². The number of unbranched alkanes of at least 4 members (excludes halogenated alkanes) is 2. The first-order valence-corrected chi connectivity index (χ1v) is 8.54. The monoisotopic (exact) mass is 564 g/mol. The number of alkyl halides is 17. The van der Waals surface area contributed by atoms with Crippen molar-refractivity contribution in [2.24, 2.45) is 0 Å². The first-order chi connectivity index (χ1) is 15.3. The van der Waals surface area contributed by atoms with Gasteiger partial charge in [-0.05, 0) is 19.3 Å². The molecule has 0 aromatic carbocycles. The molecule has 35 heavy (non-hydrogen) atoms. The third-order valence-corrected chi connectivity index (χ3v) is 3.71. The second-order valence-corrected chi connectivity index (χ2v) is 6.38. The first kappa shape index (κ1) is 33.4. The van der Waals surface area contributed by atoms with Crippen molar-refractivity contribution in [1.82, 2.24) is 0 Å². The van der Waals surface area contributed by atoms with E-state index in [0.29, 0.717) is 0 Å². The molecule has 0 bridgehead atoms. The van der Waals surface area contributed by atoms with Crippen molar-refractivity contribution in [3.63, 3.8) is 0 Å². The minimum atomic E-state index is -7.80. The predicted molar refractivity (Wildman–Crippen MR) is 77.7 cm³/mol. The number of allylic oxidation sites excluding steroid dienone is 1. The Morgan fingerprint density at radius 2 is 1.11 bits per heavy atom. The summed E-state index contributed by atoms with van der Waals surface area (Å²) in [6.07, 6.45) is -31.3. The van der Waals surface area contributed by atoms with Crippen LogP contribution in [-0.4, -0.2) is 61.6 Å². The van der Waals surface area contributed by atoms with Gasteiger partial charge in [-0.1, -0.05) is 6.08 Å². The average molecular weight is 564 g/mol. The number of ether oxygens (including phenoxy) is 3. The fourth-order valence-corrected chi connectivity index (χ4v) is 1.91. The second-order valence-electron chi connectivity index (χ2n) is 6.38. The number of hydrogen-bond acceptors (Lipinski definition) is 3. The number of halogens is 17. The van der Waals surface area contributed by atoms with Crippen LogP contribution in [0.3, 0.4) is 0 Å².